The minimum atomic E-state index is -0.0801. The van der Waals surface area contributed by atoms with E-state index in [1.165, 1.54) is 29.2 Å². The van der Waals surface area contributed by atoms with Gasteiger partial charge in [0.15, 0.2) is 0 Å². The van der Waals surface area contributed by atoms with Crippen LogP contribution in [0.2, 0.25) is 0 Å². The molecule has 2 aromatic carbocycles. The Labute approximate surface area is 126 Å². The maximum atomic E-state index is 9.95. The molecule has 1 aliphatic carbocycles. The summed E-state index contributed by atoms with van der Waals surface area (Å²) in [7, 11) is 0. The van der Waals surface area contributed by atoms with Crippen molar-refractivity contribution in [3.63, 3.8) is 0 Å². The van der Waals surface area contributed by atoms with Crippen LogP contribution >= 0.6 is 0 Å². The van der Waals surface area contributed by atoms with Gasteiger partial charge in [-0.1, -0.05) is 36.4 Å². The quantitative estimate of drug-likeness (QED) is 0.929. The van der Waals surface area contributed by atoms with Crippen LogP contribution in [0.4, 0.5) is 0 Å². The Morgan fingerprint density at radius 1 is 1.00 bits per heavy atom. The minimum absolute atomic E-state index is 0.0801. The molecule has 21 heavy (non-hydrogen) atoms. The molecule has 1 saturated heterocycles. The summed E-state index contributed by atoms with van der Waals surface area (Å²) in [6, 6.07) is 16.0. The van der Waals surface area contributed by atoms with Gasteiger partial charge in [0.1, 0.15) is 0 Å². The van der Waals surface area contributed by atoms with Crippen molar-refractivity contribution in [1.29, 1.82) is 0 Å². The van der Waals surface area contributed by atoms with Crippen molar-refractivity contribution in [3.05, 3.63) is 48.0 Å². The van der Waals surface area contributed by atoms with Gasteiger partial charge in [-0.3, -0.25) is 4.90 Å². The lowest BCUT2D eigenvalue weighted by molar-refractivity contribution is 0.0283. The molecule has 2 fully saturated rings. The SMILES string of the molecule is O[C@H]1CCN(Cc2ccc3ccccc3c2)[C@@H](C2CC2)C1. The largest absolute Gasteiger partial charge is 0.393 e. The monoisotopic (exact) mass is 281 g/mol. The van der Waals surface area contributed by atoms with Gasteiger partial charge in [0, 0.05) is 19.1 Å². The van der Waals surface area contributed by atoms with E-state index < -0.39 is 0 Å². The first-order chi connectivity index (χ1) is 10.3. The number of aliphatic hydroxyl groups excluding tert-OH is 1. The Balaban J connectivity index is 1.55. The first kappa shape index (κ1) is 13.3. The summed E-state index contributed by atoms with van der Waals surface area (Å²) in [5.41, 5.74) is 1.40. The molecule has 2 aromatic rings. The van der Waals surface area contributed by atoms with Crippen LogP contribution in [0, 0.1) is 5.92 Å². The topological polar surface area (TPSA) is 23.5 Å². The first-order valence-electron chi connectivity index (χ1n) is 8.19. The number of aliphatic hydroxyl groups is 1. The van der Waals surface area contributed by atoms with Crippen LogP contribution in [0.25, 0.3) is 10.8 Å². The number of likely N-dealkylation sites (tertiary alicyclic amines) is 1. The highest BCUT2D eigenvalue weighted by Gasteiger charge is 2.38. The van der Waals surface area contributed by atoms with E-state index in [2.05, 4.69) is 47.4 Å². The second-order valence-corrected chi connectivity index (χ2v) is 6.73. The van der Waals surface area contributed by atoms with Crippen LogP contribution in [-0.4, -0.2) is 28.7 Å². The fourth-order valence-electron chi connectivity index (χ4n) is 3.77. The highest BCUT2D eigenvalue weighted by Crippen LogP contribution is 2.40. The molecule has 0 radical (unpaired) electrons. The summed E-state index contributed by atoms with van der Waals surface area (Å²) >= 11 is 0. The molecule has 2 heteroatoms. The lowest BCUT2D eigenvalue weighted by atomic mass is 9.95. The molecule has 110 valence electrons. The number of fused-ring (bicyclic) bond motifs is 1. The molecule has 1 heterocycles. The van der Waals surface area contributed by atoms with Gasteiger partial charge in [0.2, 0.25) is 0 Å². The Morgan fingerprint density at radius 3 is 2.62 bits per heavy atom. The van der Waals surface area contributed by atoms with Gasteiger partial charge in [0.25, 0.3) is 0 Å². The normalized spacial score (nSPS) is 27.1. The number of rotatable bonds is 3. The van der Waals surface area contributed by atoms with Crippen LogP contribution in [-0.2, 0) is 6.54 Å². The molecule has 0 unspecified atom stereocenters. The van der Waals surface area contributed by atoms with E-state index in [-0.39, 0.29) is 6.10 Å². The number of piperidine rings is 1. The highest BCUT2D eigenvalue weighted by atomic mass is 16.3. The fraction of sp³-hybridized carbons (Fsp3) is 0.474. The fourth-order valence-corrected chi connectivity index (χ4v) is 3.77. The van der Waals surface area contributed by atoms with E-state index in [1.807, 2.05) is 0 Å². The van der Waals surface area contributed by atoms with Crippen LogP contribution in [0.3, 0.4) is 0 Å². The van der Waals surface area contributed by atoms with Gasteiger partial charge < -0.3 is 5.11 Å². The molecule has 2 aliphatic rings. The van der Waals surface area contributed by atoms with Gasteiger partial charge in [-0.15, -0.1) is 0 Å². The molecule has 0 spiro atoms. The standard InChI is InChI=1S/C19H23NO/c21-18-9-10-20(19(12-18)16-7-8-16)13-14-5-6-15-3-1-2-4-17(15)11-14/h1-6,11,16,18-19,21H,7-10,12-13H2/t18-,19+/m0/s1. The maximum Gasteiger partial charge on any atom is 0.0567 e. The number of hydrogen-bond acceptors (Lipinski definition) is 2. The molecule has 1 N–H and O–H groups in total. The van der Waals surface area contributed by atoms with E-state index in [9.17, 15) is 5.11 Å². The molecule has 4 rings (SSSR count). The van der Waals surface area contributed by atoms with Crippen molar-refractivity contribution in [2.45, 2.75) is 44.4 Å². The number of benzene rings is 2. The second-order valence-electron chi connectivity index (χ2n) is 6.73. The molecule has 0 amide bonds. The van der Waals surface area contributed by atoms with Crippen LogP contribution in [0.15, 0.2) is 42.5 Å². The van der Waals surface area contributed by atoms with Gasteiger partial charge in [-0.05, 0) is 54.0 Å². The predicted molar refractivity (Wildman–Crippen MR) is 86.1 cm³/mol. The maximum absolute atomic E-state index is 9.95. The Hall–Kier alpha value is -1.38. The van der Waals surface area contributed by atoms with Gasteiger partial charge in [-0.25, -0.2) is 0 Å². The van der Waals surface area contributed by atoms with E-state index in [1.54, 1.807) is 0 Å². The average Bonchev–Trinajstić information content (AvgIpc) is 3.34. The number of nitrogens with zero attached hydrogens (tertiary/aromatic N) is 1. The third kappa shape index (κ3) is 2.83. The molecule has 2 atom stereocenters. The van der Waals surface area contributed by atoms with Crippen LogP contribution in [0.5, 0.6) is 0 Å². The summed E-state index contributed by atoms with van der Waals surface area (Å²) in [5.74, 6) is 0.834. The third-order valence-corrected chi connectivity index (χ3v) is 5.10. The van der Waals surface area contributed by atoms with Crippen molar-refractivity contribution >= 4 is 10.8 Å². The lowest BCUT2D eigenvalue weighted by Gasteiger charge is -2.38. The average molecular weight is 281 g/mol. The molecule has 1 aliphatic heterocycles. The van der Waals surface area contributed by atoms with E-state index in [0.29, 0.717) is 6.04 Å². The van der Waals surface area contributed by atoms with Crippen molar-refractivity contribution in [3.8, 4) is 0 Å². The zero-order chi connectivity index (χ0) is 14.2. The summed E-state index contributed by atoms with van der Waals surface area (Å²) in [6.07, 6.45) is 4.52. The summed E-state index contributed by atoms with van der Waals surface area (Å²) < 4.78 is 0. The molecule has 0 aromatic heterocycles. The van der Waals surface area contributed by atoms with E-state index in [0.717, 1.165) is 31.8 Å². The van der Waals surface area contributed by atoms with Gasteiger partial charge in [0.05, 0.1) is 6.10 Å². The molecule has 2 nitrogen and oxygen atoms in total. The van der Waals surface area contributed by atoms with Crippen molar-refractivity contribution in [1.82, 2.24) is 4.90 Å². The number of hydrogen-bond donors (Lipinski definition) is 1. The molecular weight excluding hydrogens is 258 g/mol. The zero-order valence-corrected chi connectivity index (χ0v) is 12.4. The predicted octanol–water partition coefficient (Wildman–Crippen LogP) is 3.58. The summed E-state index contributed by atoms with van der Waals surface area (Å²) in [6.45, 7) is 2.06. The van der Waals surface area contributed by atoms with Gasteiger partial charge in [-0.2, -0.15) is 0 Å². The van der Waals surface area contributed by atoms with Crippen molar-refractivity contribution in [2.24, 2.45) is 5.92 Å². The van der Waals surface area contributed by atoms with Crippen molar-refractivity contribution < 1.29 is 5.11 Å². The van der Waals surface area contributed by atoms with E-state index >= 15 is 0 Å². The highest BCUT2D eigenvalue weighted by molar-refractivity contribution is 5.82. The molecular formula is C19H23NO. The first-order valence-corrected chi connectivity index (χ1v) is 8.19. The zero-order valence-electron chi connectivity index (χ0n) is 12.4. The minimum Gasteiger partial charge on any atom is -0.393 e. The van der Waals surface area contributed by atoms with Crippen molar-refractivity contribution in [2.75, 3.05) is 6.54 Å². The third-order valence-electron chi connectivity index (χ3n) is 5.10. The Kier molecular flexibility index (Phi) is 3.44. The Morgan fingerprint density at radius 2 is 1.81 bits per heavy atom. The van der Waals surface area contributed by atoms with E-state index in [4.69, 9.17) is 0 Å². The smallest absolute Gasteiger partial charge is 0.0567 e. The summed E-state index contributed by atoms with van der Waals surface area (Å²) in [4.78, 5) is 2.61. The van der Waals surface area contributed by atoms with Gasteiger partial charge >= 0.3 is 0 Å². The van der Waals surface area contributed by atoms with Crippen LogP contribution in [0.1, 0.15) is 31.2 Å². The molecule has 1 saturated carbocycles. The Bertz CT molecular complexity index is 634. The lowest BCUT2D eigenvalue weighted by Crippen LogP contribution is -2.44. The molecule has 0 bridgehead atoms. The van der Waals surface area contributed by atoms with Crippen LogP contribution < -0.4 is 0 Å². The second kappa shape index (κ2) is 5.43. The summed E-state index contributed by atoms with van der Waals surface area (Å²) in [5, 5.41) is 12.6.